The molecule has 0 saturated heterocycles. The van der Waals surface area contributed by atoms with Crippen LogP contribution in [-0.2, 0) is 14.8 Å². The molecule has 144 valence electrons. The Morgan fingerprint density at radius 1 is 0.926 bits per heavy atom. The number of unbranched alkanes of at least 4 members (excludes halogenated alkanes) is 1. The molecule has 0 fully saturated rings. The van der Waals surface area contributed by atoms with Gasteiger partial charge >= 0.3 is 5.97 Å². The van der Waals surface area contributed by atoms with Crippen LogP contribution in [0.2, 0.25) is 0 Å². The quantitative estimate of drug-likeness (QED) is 0.532. The molecule has 0 aliphatic rings. The molecule has 7 nitrogen and oxygen atoms in total. The van der Waals surface area contributed by atoms with Crippen LogP contribution in [0.4, 0.5) is 11.4 Å². The largest absolute Gasteiger partial charge is 0.462 e. The van der Waals surface area contributed by atoms with Gasteiger partial charge in [-0.2, -0.15) is 0 Å². The van der Waals surface area contributed by atoms with Crippen LogP contribution in [0, 0.1) is 0 Å². The van der Waals surface area contributed by atoms with Gasteiger partial charge < -0.3 is 10.1 Å². The first-order valence-electron chi connectivity index (χ1n) is 8.45. The molecule has 0 spiro atoms. The Kier molecular flexibility index (Phi) is 6.95. The lowest BCUT2D eigenvalue weighted by Gasteiger charge is -2.08. The van der Waals surface area contributed by atoms with E-state index in [1.165, 1.54) is 24.3 Å². The number of esters is 1. The van der Waals surface area contributed by atoms with Gasteiger partial charge in [0, 0.05) is 16.9 Å². The molecule has 0 unspecified atom stereocenters. The summed E-state index contributed by atoms with van der Waals surface area (Å²) in [6.07, 6.45) is 2.82. The van der Waals surface area contributed by atoms with E-state index in [-0.39, 0.29) is 5.91 Å². The zero-order valence-electron chi connectivity index (χ0n) is 15.2. The zero-order chi connectivity index (χ0) is 19.9. The van der Waals surface area contributed by atoms with Gasteiger partial charge in [-0.05, 0) is 55.0 Å². The van der Waals surface area contributed by atoms with Gasteiger partial charge in [-0.25, -0.2) is 13.2 Å². The second kappa shape index (κ2) is 9.18. The lowest BCUT2D eigenvalue weighted by molar-refractivity contribution is 0.0499. The number of hydrogen-bond donors (Lipinski definition) is 2. The molecule has 8 heteroatoms. The number of nitrogens with one attached hydrogen (secondary N) is 2. The smallest absolute Gasteiger partial charge is 0.338 e. The molecule has 1 amide bonds. The minimum atomic E-state index is -3.37. The molecule has 0 heterocycles. The fraction of sp³-hybridized carbons (Fsp3) is 0.263. The Morgan fingerprint density at radius 2 is 1.48 bits per heavy atom. The number of rotatable bonds is 8. The zero-order valence-corrected chi connectivity index (χ0v) is 16.0. The minimum Gasteiger partial charge on any atom is -0.462 e. The Hall–Kier alpha value is -2.87. The summed E-state index contributed by atoms with van der Waals surface area (Å²) in [5.41, 5.74) is 1.70. The van der Waals surface area contributed by atoms with Gasteiger partial charge in [-0.3, -0.25) is 9.52 Å². The van der Waals surface area contributed by atoms with Gasteiger partial charge in [0.25, 0.3) is 5.91 Å². The highest BCUT2D eigenvalue weighted by Gasteiger charge is 2.10. The summed E-state index contributed by atoms with van der Waals surface area (Å²) in [5.74, 6) is -0.741. The van der Waals surface area contributed by atoms with Crippen molar-refractivity contribution in [3.8, 4) is 0 Å². The van der Waals surface area contributed by atoms with Crippen LogP contribution in [-0.4, -0.2) is 33.2 Å². The van der Waals surface area contributed by atoms with Gasteiger partial charge in [-0.1, -0.05) is 13.3 Å². The first-order valence-corrected chi connectivity index (χ1v) is 10.3. The third-order valence-corrected chi connectivity index (χ3v) is 4.17. The highest BCUT2D eigenvalue weighted by molar-refractivity contribution is 7.92. The van der Waals surface area contributed by atoms with Crippen LogP contribution in [0.15, 0.2) is 48.5 Å². The van der Waals surface area contributed by atoms with Crippen molar-refractivity contribution in [1.82, 2.24) is 0 Å². The number of benzene rings is 2. The SMILES string of the molecule is CCCCOC(=O)c1ccc(NC(=O)c2ccc(NS(C)(=O)=O)cc2)cc1. The highest BCUT2D eigenvalue weighted by atomic mass is 32.2. The molecule has 0 aliphatic heterocycles. The summed E-state index contributed by atoms with van der Waals surface area (Å²) in [5, 5.41) is 2.71. The fourth-order valence-electron chi connectivity index (χ4n) is 2.19. The topological polar surface area (TPSA) is 102 Å². The van der Waals surface area contributed by atoms with Crippen LogP contribution in [0.5, 0.6) is 0 Å². The average Bonchev–Trinajstić information content (AvgIpc) is 2.61. The van der Waals surface area contributed by atoms with E-state index >= 15 is 0 Å². The van der Waals surface area contributed by atoms with Crippen molar-refractivity contribution in [3.63, 3.8) is 0 Å². The van der Waals surface area contributed by atoms with E-state index in [0.29, 0.717) is 29.1 Å². The van der Waals surface area contributed by atoms with E-state index in [1.807, 2.05) is 6.92 Å². The highest BCUT2D eigenvalue weighted by Crippen LogP contribution is 2.15. The summed E-state index contributed by atoms with van der Waals surface area (Å²) in [6.45, 7) is 2.40. The second-order valence-corrected chi connectivity index (χ2v) is 7.72. The Morgan fingerprint density at radius 3 is 2.04 bits per heavy atom. The second-order valence-electron chi connectivity index (χ2n) is 5.97. The Labute approximate surface area is 158 Å². The van der Waals surface area contributed by atoms with Crippen LogP contribution in [0.3, 0.4) is 0 Å². The summed E-state index contributed by atoms with van der Waals surface area (Å²) in [4.78, 5) is 24.1. The molecule has 2 N–H and O–H groups in total. The van der Waals surface area contributed by atoms with E-state index in [0.717, 1.165) is 19.1 Å². The van der Waals surface area contributed by atoms with E-state index in [4.69, 9.17) is 4.74 Å². The first-order chi connectivity index (χ1) is 12.8. The molecule has 0 bridgehead atoms. The molecule has 0 atom stereocenters. The maximum absolute atomic E-state index is 12.3. The van der Waals surface area contributed by atoms with Crippen molar-refractivity contribution in [2.45, 2.75) is 19.8 Å². The van der Waals surface area contributed by atoms with Crippen LogP contribution in [0.1, 0.15) is 40.5 Å². The van der Waals surface area contributed by atoms with Gasteiger partial charge in [0.15, 0.2) is 0 Å². The molecule has 0 radical (unpaired) electrons. The van der Waals surface area contributed by atoms with Crippen molar-refractivity contribution in [3.05, 3.63) is 59.7 Å². The minimum absolute atomic E-state index is 0.348. The van der Waals surface area contributed by atoms with Crippen molar-refractivity contribution in [2.24, 2.45) is 0 Å². The molecule has 0 aromatic heterocycles. The molecule has 0 aliphatic carbocycles. The Bertz CT molecular complexity index is 891. The van der Waals surface area contributed by atoms with Crippen molar-refractivity contribution >= 4 is 33.3 Å². The van der Waals surface area contributed by atoms with Gasteiger partial charge in [0.2, 0.25) is 10.0 Å². The van der Waals surface area contributed by atoms with Crippen LogP contribution < -0.4 is 10.0 Å². The molecule has 27 heavy (non-hydrogen) atoms. The predicted molar refractivity (Wildman–Crippen MR) is 104 cm³/mol. The third-order valence-electron chi connectivity index (χ3n) is 3.56. The number of hydrogen-bond acceptors (Lipinski definition) is 5. The van der Waals surface area contributed by atoms with Gasteiger partial charge in [0.05, 0.1) is 18.4 Å². The number of anilines is 2. The summed E-state index contributed by atoms with van der Waals surface area (Å²) >= 11 is 0. The first kappa shape index (κ1) is 20.4. The van der Waals surface area contributed by atoms with Gasteiger partial charge in [0.1, 0.15) is 0 Å². The average molecular weight is 390 g/mol. The van der Waals surface area contributed by atoms with Gasteiger partial charge in [-0.15, -0.1) is 0 Å². The maximum atomic E-state index is 12.3. The van der Waals surface area contributed by atoms with Crippen molar-refractivity contribution < 1.29 is 22.7 Å². The lowest BCUT2D eigenvalue weighted by atomic mass is 10.1. The molecule has 2 aromatic rings. The van der Waals surface area contributed by atoms with Crippen LogP contribution in [0.25, 0.3) is 0 Å². The third kappa shape index (κ3) is 6.74. The molecule has 2 rings (SSSR count). The van der Waals surface area contributed by atoms with E-state index < -0.39 is 16.0 Å². The summed E-state index contributed by atoms with van der Waals surface area (Å²) in [6, 6.07) is 12.5. The molecule has 0 saturated carbocycles. The molecular formula is C19H22N2O5S. The number of carbonyl (C=O) groups excluding carboxylic acids is 2. The number of ether oxygens (including phenoxy) is 1. The fourth-order valence-corrected chi connectivity index (χ4v) is 2.75. The van der Waals surface area contributed by atoms with E-state index in [2.05, 4.69) is 10.0 Å². The molecule has 2 aromatic carbocycles. The monoisotopic (exact) mass is 390 g/mol. The number of carbonyl (C=O) groups is 2. The normalized spacial score (nSPS) is 10.9. The summed E-state index contributed by atoms with van der Waals surface area (Å²) in [7, 11) is -3.37. The standard InChI is InChI=1S/C19H22N2O5S/c1-3-4-13-26-19(23)15-7-9-16(10-8-15)20-18(22)14-5-11-17(12-6-14)21-27(2,24)25/h5-12,21H,3-4,13H2,1-2H3,(H,20,22). The predicted octanol–water partition coefficient (Wildman–Crippen LogP) is 3.27. The van der Waals surface area contributed by atoms with Crippen molar-refractivity contribution in [1.29, 1.82) is 0 Å². The molecular weight excluding hydrogens is 368 g/mol. The lowest BCUT2D eigenvalue weighted by Crippen LogP contribution is -2.13. The van der Waals surface area contributed by atoms with E-state index in [9.17, 15) is 18.0 Å². The summed E-state index contributed by atoms with van der Waals surface area (Å²) < 4.78 is 29.8. The van der Waals surface area contributed by atoms with Crippen molar-refractivity contribution in [2.75, 3.05) is 22.9 Å². The number of sulfonamides is 1. The Balaban J connectivity index is 1.96. The number of amides is 1. The van der Waals surface area contributed by atoms with E-state index in [1.54, 1.807) is 24.3 Å². The maximum Gasteiger partial charge on any atom is 0.338 e. The van der Waals surface area contributed by atoms with Crippen LogP contribution >= 0.6 is 0 Å².